The average molecular weight is 441 g/mol. The molecule has 1 amide bonds. The molecule has 2 saturated heterocycles. The van der Waals surface area contributed by atoms with Crippen LogP contribution in [0.1, 0.15) is 29.6 Å². The number of rotatable bonds is 7. The van der Waals surface area contributed by atoms with Crippen molar-refractivity contribution in [1.82, 2.24) is 9.97 Å². The Balaban J connectivity index is 1.18. The number of hydrogen-bond acceptors (Lipinski definition) is 7. The maximum atomic E-state index is 12.8. The zero-order valence-corrected chi connectivity index (χ0v) is 18.1. The standard InChI is InChI=1S/C22H24N4O4S/c1-31(29)18-12-25(13-18)22-23-10-16(11-24-22)26-9-8-19(21(26)28)30-17-6-4-15(5-7-17)20(27)14-2-3-14/h4-7,10-11,14,18-19H,2-3,8-9,12-13H2,1H3/t19-,31?/m1/s1. The van der Waals surface area contributed by atoms with E-state index < -0.39 is 17.3 Å². The average Bonchev–Trinajstić information content (AvgIpc) is 3.52. The van der Waals surface area contributed by atoms with Gasteiger partial charge < -0.3 is 19.1 Å². The van der Waals surface area contributed by atoms with Gasteiger partial charge in [0.05, 0.1) is 37.4 Å². The molecule has 9 heteroatoms. The molecule has 1 aromatic heterocycles. The van der Waals surface area contributed by atoms with Gasteiger partial charge in [0.2, 0.25) is 5.95 Å². The van der Waals surface area contributed by atoms with E-state index in [1.807, 2.05) is 4.90 Å². The van der Waals surface area contributed by atoms with Crippen molar-refractivity contribution in [2.45, 2.75) is 30.6 Å². The number of aromatic nitrogens is 2. The fraction of sp³-hybridized carbons (Fsp3) is 0.455. The highest BCUT2D eigenvalue weighted by atomic mass is 32.2. The molecule has 3 aliphatic rings. The number of ketones is 1. The largest absolute Gasteiger partial charge is 0.616 e. The maximum Gasteiger partial charge on any atom is 0.268 e. The van der Waals surface area contributed by atoms with Crippen LogP contribution < -0.4 is 14.5 Å². The molecule has 1 aliphatic carbocycles. The number of carbonyl (C=O) groups excluding carboxylic acids is 2. The normalized spacial score (nSPS) is 22.4. The fourth-order valence-electron chi connectivity index (χ4n) is 3.89. The van der Waals surface area contributed by atoms with Crippen LogP contribution >= 0.6 is 0 Å². The molecule has 0 bridgehead atoms. The van der Waals surface area contributed by atoms with Crippen LogP contribution in [0.2, 0.25) is 0 Å². The van der Waals surface area contributed by atoms with E-state index in [-0.39, 0.29) is 22.9 Å². The summed E-state index contributed by atoms with van der Waals surface area (Å²) in [6.45, 7) is 1.91. The van der Waals surface area contributed by atoms with Gasteiger partial charge in [-0.25, -0.2) is 9.97 Å². The first-order valence-corrected chi connectivity index (χ1v) is 12.1. The Labute approximate surface area is 183 Å². The van der Waals surface area contributed by atoms with Crippen LogP contribution in [0.5, 0.6) is 5.75 Å². The van der Waals surface area contributed by atoms with Crippen molar-refractivity contribution in [2.24, 2.45) is 5.92 Å². The van der Waals surface area contributed by atoms with Crippen LogP contribution in [0.4, 0.5) is 11.6 Å². The minimum absolute atomic E-state index is 0.125. The number of carbonyl (C=O) groups is 2. The molecule has 162 valence electrons. The molecule has 3 fully saturated rings. The van der Waals surface area contributed by atoms with Gasteiger partial charge in [0.1, 0.15) is 11.0 Å². The van der Waals surface area contributed by atoms with Crippen molar-refractivity contribution in [2.75, 3.05) is 35.7 Å². The Morgan fingerprint density at radius 2 is 1.81 bits per heavy atom. The van der Waals surface area contributed by atoms with Crippen LogP contribution in [0, 0.1) is 5.92 Å². The number of benzene rings is 1. The second-order valence-electron chi connectivity index (χ2n) is 8.31. The van der Waals surface area contributed by atoms with Crippen LogP contribution in [0.3, 0.4) is 0 Å². The van der Waals surface area contributed by atoms with Crippen LogP contribution in [0.15, 0.2) is 36.7 Å². The van der Waals surface area contributed by atoms with E-state index in [4.69, 9.17) is 4.74 Å². The summed E-state index contributed by atoms with van der Waals surface area (Å²) in [5.74, 6) is 1.42. The maximum absolute atomic E-state index is 12.8. The van der Waals surface area contributed by atoms with Gasteiger partial charge in [-0.15, -0.1) is 0 Å². The Morgan fingerprint density at radius 3 is 2.42 bits per heavy atom. The molecule has 3 heterocycles. The molecule has 31 heavy (non-hydrogen) atoms. The van der Waals surface area contributed by atoms with Gasteiger partial charge in [-0.3, -0.25) is 9.59 Å². The van der Waals surface area contributed by atoms with Gasteiger partial charge in [-0.05, 0) is 37.1 Å². The number of amides is 1. The fourth-order valence-corrected chi connectivity index (χ4v) is 4.67. The number of Topliss-reactive ketones (excluding diaryl/α,β-unsaturated/α-hetero) is 1. The SMILES string of the molecule is C[S+]([O-])C1CN(c2ncc(N3CC[C@@H](Oc4ccc(C(=O)C5CC5)cc4)C3=O)cn2)C1. The third kappa shape index (κ3) is 4.12. The first kappa shape index (κ1) is 20.3. The number of anilines is 2. The highest BCUT2D eigenvalue weighted by molar-refractivity contribution is 7.91. The van der Waals surface area contributed by atoms with Gasteiger partial charge in [-0.1, -0.05) is 11.2 Å². The van der Waals surface area contributed by atoms with Crippen LogP contribution in [-0.2, 0) is 16.0 Å². The molecule has 0 N–H and O–H groups in total. The van der Waals surface area contributed by atoms with Gasteiger partial charge in [0.15, 0.2) is 11.9 Å². The highest BCUT2D eigenvalue weighted by Crippen LogP contribution is 2.33. The molecule has 1 aromatic carbocycles. The molecule has 2 aliphatic heterocycles. The van der Waals surface area contributed by atoms with Crippen LogP contribution in [0.25, 0.3) is 0 Å². The van der Waals surface area contributed by atoms with Crippen molar-refractivity contribution in [3.8, 4) is 5.75 Å². The Hall–Kier alpha value is -2.65. The summed E-state index contributed by atoms with van der Waals surface area (Å²) in [6.07, 6.45) is 6.97. The van der Waals surface area contributed by atoms with Gasteiger partial charge in [0.25, 0.3) is 5.91 Å². The number of hydrogen-bond donors (Lipinski definition) is 0. The van der Waals surface area contributed by atoms with E-state index in [0.717, 1.165) is 12.8 Å². The van der Waals surface area contributed by atoms with Crippen LogP contribution in [-0.4, -0.2) is 63.5 Å². The predicted molar refractivity (Wildman–Crippen MR) is 117 cm³/mol. The van der Waals surface area contributed by atoms with E-state index in [1.54, 1.807) is 47.8 Å². The topological polar surface area (TPSA) is 98.7 Å². The third-order valence-electron chi connectivity index (χ3n) is 6.06. The summed E-state index contributed by atoms with van der Waals surface area (Å²) in [4.78, 5) is 37.3. The predicted octanol–water partition coefficient (Wildman–Crippen LogP) is 1.82. The van der Waals surface area contributed by atoms with E-state index in [1.165, 1.54) is 0 Å². The zero-order valence-electron chi connectivity index (χ0n) is 17.3. The van der Waals surface area contributed by atoms with Gasteiger partial charge in [-0.2, -0.15) is 0 Å². The Kier molecular flexibility index (Phi) is 5.31. The lowest BCUT2D eigenvalue weighted by Crippen LogP contribution is -2.55. The summed E-state index contributed by atoms with van der Waals surface area (Å²) in [5.41, 5.74) is 1.34. The lowest BCUT2D eigenvalue weighted by Gasteiger charge is -2.38. The Bertz CT molecular complexity index is 972. The highest BCUT2D eigenvalue weighted by Gasteiger charge is 2.37. The summed E-state index contributed by atoms with van der Waals surface area (Å²) in [7, 11) is 0. The summed E-state index contributed by atoms with van der Waals surface area (Å²) in [5, 5.41) is 0.169. The minimum atomic E-state index is -0.834. The molecular weight excluding hydrogens is 416 g/mol. The molecule has 8 nitrogen and oxygen atoms in total. The molecule has 5 rings (SSSR count). The van der Waals surface area contributed by atoms with Crippen molar-refractivity contribution in [3.05, 3.63) is 42.2 Å². The van der Waals surface area contributed by atoms with E-state index >= 15 is 0 Å². The minimum Gasteiger partial charge on any atom is -0.616 e. The number of nitrogens with zero attached hydrogens (tertiary/aromatic N) is 4. The molecule has 1 unspecified atom stereocenters. The molecule has 2 aromatic rings. The quantitative estimate of drug-likeness (QED) is 0.478. The molecular formula is C22H24N4O4S. The molecule has 0 radical (unpaired) electrons. The second kappa shape index (κ2) is 8.12. The first-order valence-electron chi connectivity index (χ1n) is 10.5. The Morgan fingerprint density at radius 1 is 1.13 bits per heavy atom. The van der Waals surface area contributed by atoms with Crippen molar-refractivity contribution in [3.63, 3.8) is 0 Å². The summed E-state index contributed by atoms with van der Waals surface area (Å²) < 4.78 is 17.4. The molecule has 1 saturated carbocycles. The zero-order chi connectivity index (χ0) is 21.5. The first-order chi connectivity index (χ1) is 15.0. The van der Waals surface area contributed by atoms with Gasteiger partial charge in [0, 0.05) is 24.4 Å². The van der Waals surface area contributed by atoms with E-state index in [0.29, 0.717) is 49.0 Å². The van der Waals surface area contributed by atoms with E-state index in [9.17, 15) is 14.1 Å². The van der Waals surface area contributed by atoms with Crippen molar-refractivity contribution in [1.29, 1.82) is 0 Å². The lowest BCUT2D eigenvalue weighted by atomic mass is 10.1. The van der Waals surface area contributed by atoms with Crippen molar-refractivity contribution < 1.29 is 18.9 Å². The second-order valence-corrected chi connectivity index (χ2v) is 9.98. The molecule has 0 spiro atoms. The van der Waals surface area contributed by atoms with Gasteiger partial charge >= 0.3 is 0 Å². The third-order valence-corrected chi connectivity index (χ3v) is 7.30. The van der Waals surface area contributed by atoms with E-state index in [2.05, 4.69) is 9.97 Å². The molecule has 2 atom stereocenters. The lowest BCUT2D eigenvalue weighted by molar-refractivity contribution is -0.122. The monoisotopic (exact) mass is 440 g/mol. The number of ether oxygens (including phenoxy) is 1. The summed E-state index contributed by atoms with van der Waals surface area (Å²) in [6, 6.07) is 7.06. The van der Waals surface area contributed by atoms with Crippen molar-refractivity contribution >= 4 is 34.5 Å². The summed E-state index contributed by atoms with van der Waals surface area (Å²) >= 11 is -0.834. The smallest absolute Gasteiger partial charge is 0.268 e.